The lowest BCUT2D eigenvalue weighted by Crippen LogP contribution is -2.42. The smallest absolute Gasteiger partial charge is 0.254 e. The summed E-state index contributed by atoms with van der Waals surface area (Å²) in [4.78, 5) is 15.1. The predicted molar refractivity (Wildman–Crippen MR) is 143 cm³/mol. The van der Waals surface area contributed by atoms with Crippen molar-refractivity contribution in [2.45, 2.75) is 72.9 Å². The third kappa shape index (κ3) is 8.56. The van der Waals surface area contributed by atoms with Gasteiger partial charge in [-0.1, -0.05) is 0 Å². The Kier molecular flexibility index (Phi) is 12.5. The number of ether oxygens (including phenoxy) is 2. The number of benzene rings is 2. The number of unbranched alkanes of at least 4 members (excludes halogenated alkanes) is 2. The minimum absolute atomic E-state index is 0. The monoisotopic (exact) mass is 489 g/mol. The predicted octanol–water partition coefficient (Wildman–Crippen LogP) is 5.90. The molecule has 0 spiro atoms. The zero-order valence-corrected chi connectivity index (χ0v) is 22.2. The molecule has 0 aliphatic rings. The molecule has 0 radical (unpaired) electrons. The molecule has 2 aromatic rings. The van der Waals surface area contributed by atoms with Crippen LogP contribution in [0.5, 0.6) is 11.5 Å². The SMILES string of the molecule is Cc1cc(OCCCCCOc2ccc(C=NN)cc2)cc(C)c1C(=O)N(C(C)C)C(C)C.Cl. The van der Waals surface area contributed by atoms with Crippen LogP contribution in [0.25, 0.3) is 0 Å². The van der Waals surface area contributed by atoms with Crippen molar-refractivity contribution in [3.63, 3.8) is 0 Å². The van der Waals surface area contributed by atoms with E-state index in [9.17, 15) is 4.79 Å². The third-order valence-electron chi connectivity index (χ3n) is 5.50. The van der Waals surface area contributed by atoms with E-state index in [0.29, 0.717) is 13.2 Å². The minimum atomic E-state index is 0. The number of halogens is 1. The van der Waals surface area contributed by atoms with Crippen molar-refractivity contribution in [2.75, 3.05) is 13.2 Å². The van der Waals surface area contributed by atoms with E-state index in [2.05, 4.69) is 32.8 Å². The first-order chi connectivity index (χ1) is 15.7. The number of hydrogen-bond donors (Lipinski definition) is 1. The first kappa shape index (κ1) is 29.3. The summed E-state index contributed by atoms with van der Waals surface area (Å²) in [5.74, 6) is 6.90. The van der Waals surface area contributed by atoms with E-state index in [1.165, 1.54) is 0 Å². The lowest BCUT2D eigenvalue weighted by molar-refractivity contribution is 0.0642. The summed E-state index contributed by atoms with van der Waals surface area (Å²) in [6.07, 6.45) is 4.53. The minimum Gasteiger partial charge on any atom is -0.494 e. The summed E-state index contributed by atoms with van der Waals surface area (Å²) in [6.45, 7) is 13.5. The normalized spacial score (nSPS) is 11.1. The molecule has 0 fully saturated rings. The molecule has 7 heteroatoms. The summed E-state index contributed by atoms with van der Waals surface area (Å²) in [5.41, 5.74) is 3.64. The van der Waals surface area contributed by atoms with Crippen LogP contribution in [-0.2, 0) is 0 Å². The number of carbonyl (C=O) groups is 1. The Bertz CT molecular complexity index is 896. The van der Waals surface area contributed by atoms with Crippen LogP contribution in [0.1, 0.15) is 74.0 Å². The Morgan fingerprint density at radius 1 is 0.912 bits per heavy atom. The van der Waals surface area contributed by atoms with E-state index < -0.39 is 0 Å². The second-order valence-electron chi connectivity index (χ2n) is 8.94. The van der Waals surface area contributed by atoms with E-state index in [1.807, 2.05) is 55.1 Å². The number of hydrogen-bond acceptors (Lipinski definition) is 5. The first-order valence-corrected chi connectivity index (χ1v) is 11.8. The molecule has 0 bridgehead atoms. The second-order valence-corrected chi connectivity index (χ2v) is 8.94. The molecular formula is C27H40ClN3O3. The van der Waals surface area contributed by atoms with Gasteiger partial charge in [0.15, 0.2) is 0 Å². The summed E-state index contributed by atoms with van der Waals surface area (Å²) in [7, 11) is 0. The van der Waals surface area contributed by atoms with Gasteiger partial charge in [-0.25, -0.2) is 0 Å². The van der Waals surface area contributed by atoms with Crippen molar-refractivity contribution >= 4 is 24.5 Å². The maximum atomic E-state index is 13.2. The summed E-state index contributed by atoms with van der Waals surface area (Å²) in [5, 5.41) is 3.51. The van der Waals surface area contributed by atoms with Crippen LogP contribution in [-0.4, -0.2) is 42.3 Å². The van der Waals surface area contributed by atoms with Gasteiger partial charge in [-0.15, -0.1) is 12.4 Å². The molecule has 0 aromatic heterocycles. The average molecular weight is 490 g/mol. The fraction of sp³-hybridized carbons (Fsp3) is 0.481. The third-order valence-corrected chi connectivity index (χ3v) is 5.50. The molecule has 0 aliphatic heterocycles. The zero-order chi connectivity index (χ0) is 24.4. The Labute approximate surface area is 210 Å². The number of rotatable bonds is 12. The molecule has 34 heavy (non-hydrogen) atoms. The highest BCUT2D eigenvalue weighted by Crippen LogP contribution is 2.25. The highest BCUT2D eigenvalue weighted by molar-refractivity contribution is 5.97. The van der Waals surface area contributed by atoms with Gasteiger partial charge in [-0.05, 0) is 114 Å². The van der Waals surface area contributed by atoms with Gasteiger partial charge in [0.25, 0.3) is 5.91 Å². The number of nitrogens with zero attached hydrogens (tertiary/aromatic N) is 2. The molecule has 6 nitrogen and oxygen atoms in total. The van der Waals surface area contributed by atoms with Gasteiger partial charge in [0, 0.05) is 17.6 Å². The Morgan fingerprint density at radius 3 is 1.88 bits per heavy atom. The Balaban J connectivity index is 0.00000578. The molecule has 0 atom stereocenters. The van der Waals surface area contributed by atoms with Crippen molar-refractivity contribution in [3.05, 3.63) is 58.7 Å². The first-order valence-electron chi connectivity index (χ1n) is 11.8. The average Bonchev–Trinajstić information content (AvgIpc) is 2.73. The lowest BCUT2D eigenvalue weighted by atomic mass is 9.99. The molecule has 2 N–H and O–H groups in total. The van der Waals surface area contributed by atoms with Gasteiger partial charge < -0.3 is 20.2 Å². The van der Waals surface area contributed by atoms with Crippen molar-refractivity contribution < 1.29 is 14.3 Å². The van der Waals surface area contributed by atoms with Crippen molar-refractivity contribution in [1.82, 2.24) is 4.90 Å². The van der Waals surface area contributed by atoms with Gasteiger partial charge >= 0.3 is 0 Å². The van der Waals surface area contributed by atoms with Crippen LogP contribution in [0.2, 0.25) is 0 Å². The Morgan fingerprint density at radius 2 is 1.41 bits per heavy atom. The number of aryl methyl sites for hydroxylation is 2. The van der Waals surface area contributed by atoms with Crippen LogP contribution in [0.3, 0.4) is 0 Å². The molecule has 188 valence electrons. The van der Waals surface area contributed by atoms with Gasteiger partial charge in [0.1, 0.15) is 11.5 Å². The van der Waals surface area contributed by atoms with Crippen molar-refractivity contribution in [1.29, 1.82) is 0 Å². The lowest BCUT2D eigenvalue weighted by Gasteiger charge is -2.32. The van der Waals surface area contributed by atoms with E-state index in [-0.39, 0.29) is 30.4 Å². The van der Waals surface area contributed by atoms with Crippen LogP contribution in [0.15, 0.2) is 41.5 Å². The number of carbonyl (C=O) groups excluding carboxylic acids is 1. The van der Waals surface area contributed by atoms with Crippen molar-refractivity contribution in [3.8, 4) is 11.5 Å². The quantitative estimate of drug-likeness (QED) is 0.174. The maximum absolute atomic E-state index is 13.2. The Hall–Kier alpha value is -2.73. The molecule has 0 saturated heterocycles. The zero-order valence-electron chi connectivity index (χ0n) is 21.3. The van der Waals surface area contributed by atoms with Crippen LogP contribution >= 0.6 is 12.4 Å². The van der Waals surface area contributed by atoms with Gasteiger partial charge in [0.2, 0.25) is 0 Å². The molecule has 0 aliphatic carbocycles. The van der Waals surface area contributed by atoms with E-state index in [4.69, 9.17) is 15.3 Å². The van der Waals surface area contributed by atoms with Gasteiger partial charge in [-0.3, -0.25) is 4.79 Å². The highest BCUT2D eigenvalue weighted by Gasteiger charge is 2.24. The van der Waals surface area contributed by atoms with Crippen LogP contribution < -0.4 is 15.3 Å². The molecule has 2 rings (SSSR count). The molecule has 0 saturated carbocycles. The molecule has 0 unspecified atom stereocenters. The van der Waals surface area contributed by atoms with Gasteiger partial charge in [0.05, 0.1) is 19.4 Å². The second kappa shape index (κ2) is 14.5. The van der Waals surface area contributed by atoms with Crippen LogP contribution in [0, 0.1) is 13.8 Å². The topological polar surface area (TPSA) is 77.1 Å². The van der Waals surface area contributed by atoms with Crippen molar-refractivity contribution in [2.24, 2.45) is 10.9 Å². The van der Waals surface area contributed by atoms with Gasteiger partial charge in [-0.2, -0.15) is 5.10 Å². The maximum Gasteiger partial charge on any atom is 0.254 e. The standard InChI is InChI=1S/C27H39N3O3.ClH/c1-19(2)30(20(3)4)27(31)26-21(5)16-25(17-22(26)6)33-15-9-7-8-14-32-24-12-10-23(11-13-24)18-29-28;/h10-13,16-20H,7-9,14-15,28H2,1-6H3;1H. The number of hydrazone groups is 1. The summed E-state index contributed by atoms with van der Waals surface area (Å²) in [6, 6.07) is 11.9. The number of nitrogens with two attached hydrogens (primary N) is 1. The summed E-state index contributed by atoms with van der Waals surface area (Å²) < 4.78 is 11.7. The van der Waals surface area contributed by atoms with Crippen LogP contribution in [0.4, 0.5) is 0 Å². The number of amides is 1. The fourth-order valence-corrected chi connectivity index (χ4v) is 4.04. The van der Waals surface area contributed by atoms with E-state index in [1.54, 1.807) is 6.21 Å². The summed E-state index contributed by atoms with van der Waals surface area (Å²) >= 11 is 0. The molecule has 0 heterocycles. The largest absolute Gasteiger partial charge is 0.494 e. The molecular weight excluding hydrogens is 450 g/mol. The van der Waals surface area contributed by atoms with E-state index >= 15 is 0 Å². The molecule has 2 aromatic carbocycles. The van der Waals surface area contributed by atoms with E-state index in [0.717, 1.165) is 53.0 Å². The highest BCUT2D eigenvalue weighted by atomic mass is 35.5. The fourth-order valence-electron chi connectivity index (χ4n) is 4.04. The molecule has 1 amide bonds.